The zero-order valence-corrected chi connectivity index (χ0v) is 21.7. The van der Waals surface area contributed by atoms with Crippen molar-refractivity contribution in [2.45, 2.75) is 89.1 Å². The summed E-state index contributed by atoms with van der Waals surface area (Å²) in [5.74, 6) is -3.04. The molecule has 2 aliphatic heterocycles. The lowest BCUT2D eigenvalue weighted by atomic mass is 9.97. The minimum Gasteiger partial charge on any atom is -0.459 e. The first-order chi connectivity index (χ1) is 18.4. The normalized spacial score (nSPS) is 34.4. The first-order valence-corrected chi connectivity index (χ1v) is 12.1. The number of hydrogen-bond donors (Lipinski definition) is 3. The number of carbonyl (C=O) groups is 4. The summed E-state index contributed by atoms with van der Waals surface area (Å²) in [7, 11) is 0. The zero-order valence-electron chi connectivity index (χ0n) is 21.7. The van der Waals surface area contributed by atoms with Crippen LogP contribution in [0, 0.1) is 0 Å². The summed E-state index contributed by atoms with van der Waals surface area (Å²) in [6.07, 6.45) is -14.9. The number of aliphatic hydroxyl groups excluding tert-OH is 3. The lowest BCUT2D eigenvalue weighted by Crippen LogP contribution is -2.65. The van der Waals surface area contributed by atoms with Gasteiger partial charge in [-0.1, -0.05) is 18.2 Å². The molecule has 1 aromatic rings. The molecule has 0 bridgehead atoms. The highest BCUT2D eigenvalue weighted by molar-refractivity contribution is 5.89. The van der Waals surface area contributed by atoms with Gasteiger partial charge in [-0.2, -0.15) is 0 Å². The molecule has 1 aromatic carbocycles. The van der Waals surface area contributed by atoms with Gasteiger partial charge in [0, 0.05) is 20.8 Å². The Morgan fingerprint density at radius 1 is 0.769 bits per heavy atom. The highest BCUT2D eigenvalue weighted by Crippen LogP contribution is 2.32. The number of esters is 4. The molecule has 39 heavy (non-hydrogen) atoms. The fraction of sp³-hybridized carbons (Fsp3) is 0.600. The minimum absolute atomic E-state index is 0.250. The molecule has 0 unspecified atom stereocenters. The summed E-state index contributed by atoms with van der Waals surface area (Å²) in [6.45, 7) is 4.26. The highest BCUT2D eigenvalue weighted by Gasteiger charge is 2.54. The maximum Gasteiger partial charge on any atom is 0.338 e. The average Bonchev–Trinajstić information content (AvgIpc) is 2.87. The van der Waals surface area contributed by atoms with Gasteiger partial charge in [0.25, 0.3) is 0 Å². The summed E-state index contributed by atoms with van der Waals surface area (Å²) >= 11 is 0. The lowest BCUT2D eigenvalue weighted by molar-refractivity contribution is -0.359. The van der Waals surface area contributed by atoms with Crippen molar-refractivity contribution in [2.75, 3.05) is 6.61 Å². The molecule has 2 aliphatic rings. The van der Waals surface area contributed by atoms with Gasteiger partial charge in [-0.25, -0.2) is 4.79 Å². The zero-order chi connectivity index (χ0) is 28.9. The van der Waals surface area contributed by atoms with E-state index in [2.05, 4.69) is 0 Å². The first-order valence-electron chi connectivity index (χ1n) is 12.1. The molecular weight excluding hydrogens is 524 g/mol. The van der Waals surface area contributed by atoms with E-state index in [0.717, 1.165) is 20.8 Å². The molecule has 3 N–H and O–H groups in total. The molecular formula is C25H32O14. The van der Waals surface area contributed by atoms with Gasteiger partial charge in [0.15, 0.2) is 30.9 Å². The van der Waals surface area contributed by atoms with E-state index in [9.17, 15) is 34.5 Å². The molecule has 14 heteroatoms. The Balaban J connectivity index is 1.74. The van der Waals surface area contributed by atoms with Crippen molar-refractivity contribution < 1.29 is 67.7 Å². The van der Waals surface area contributed by atoms with Gasteiger partial charge < -0.3 is 48.5 Å². The van der Waals surface area contributed by atoms with Crippen LogP contribution in [0.3, 0.4) is 0 Å². The SMILES string of the molecule is CC(=O)O[C@H]1[C@H](OC(C)=O)[C@@H](O[C@@H]2[C@@H](O)[C@@H](O)[C@@H](COC(=O)c3ccccc3)O[C@@H]2O)O[C@@H](C)[C@H]1OC(C)=O. The van der Waals surface area contributed by atoms with Crippen molar-refractivity contribution in [3.8, 4) is 0 Å². The van der Waals surface area contributed by atoms with Crippen LogP contribution >= 0.6 is 0 Å². The van der Waals surface area contributed by atoms with Crippen LogP contribution in [0.2, 0.25) is 0 Å². The van der Waals surface area contributed by atoms with E-state index < -0.39 is 91.9 Å². The smallest absolute Gasteiger partial charge is 0.338 e. The van der Waals surface area contributed by atoms with Gasteiger partial charge in [-0.05, 0) is 19.1 Å². The van der Waals surface area contributed by atoms with E-state index in [0.29, 0.717) is 0 Å². The van der Waals surface area contributed by atoms with Gasteiger partial charge in [0.05, 0.1) is 11.7 Å². The van der Waals surface area contributed by atoms with Crippen LogP contribution in [0.25, 0.3) is 0 Å². The van der Waals surface area contributed by atoms with E-state index in [1.807, 2.05) is 0 Å². The van der Waals surface area contributed by atoms with Gasteiger partial charge in [-0.15, -0.1) is 0 Å². The Morgan fingerprint density at radius 2 is 1.33 bits per heavy atom. The Kier molecular flexibility index (Phi) is 10.4. The average molecular weight is 557 g/mol. The lowest BCUT2D eigenvalue weighted by Gasteiger charge is -2.46. The molecule has 0 spiro atoms. The Bertz CT molecular complexity index is 1020. The largest absolute Gasteiger partial charge is 0.459 e. The van der Waals surface area contributed by atoms with Crippen LogP contribution in [0.4, 0.5) is 0 Å². The van der Waals surface area contributed by atoms with Crippen LogP contribution in [0.5, 0.6) is 0 Å². The van der Waals surface area contributed by atoms with Crippen LogP contribution in [-0.4, -0.2) is 107 Å². The quantitative estimate of drug-likeness (QED) is 0.266. The standard InChI is InChI=1S/C25H32O14/c1-11-19(35-12(2)26)21(36-13(3)27)22(37-14(4)28)25(34-11)39-20-18(30)17(29)16(38-24(20)32)10-33-23(31)15-8-6-5-7-9-15/h5-9,11,16-22,24-25,29-30,32H,10H2,1-4H3/t11-,16+,17-,18-,19+,20+,21+,22-,24-,25+/m0/s1. The number of benzene rings is 1. The van der Waals surface area contributed by atoms with Crippen LogP contribution in [0.15, 0.2) is 30.3 Å². The van der Waals surface area contributed by atoms with Crippen molar-refractivity contribution >= 4 is 23.9 Å². The van der Waals surface area contributed by atoms with E-state index in [1.54, 1.807) is 18.2 Å². The molecule has 2 heterocycles. The van der Waals surface area contributed by atoms with Crippen molar-refractivity contribution in [3.63, 3.8) is 0 Å². The fourth-order valence-electron chi connectivity index (χ4n) is 4.26. The number of rotatable bonds is 8. The number of aliphatic hydroxyl groups is 3. The Hall–Kier alpha value is -3.14. The molecule has 3 rings (SSSR count). The molecule has 14 nitrogen and oxygen atoms in total. The first kappa shape index (κ1) is 30.4. The number of carbonyl (C=O) groups excluding carboxylic acids is 4. The Morgan fingerprint density at radius 3 is 1.92 bits per heavy atom. The van der Waals surface area contributed by atoms with Gasteiger partial charge in [-0.3, -0.25) is 14.4 Å². The highest BCUT2D eigenvalue weighted by atomic mass is 16.8. The molecule has 2 saturated heterocycles. The van der Waals surface area contributed by atoms with E-state index in [-0.39, 0.29) is 5.56 Å². The summed E-state index contributed by atoms with van der Waals surface area (Å²) in [6, 6.07) is 8.03. The maximum atomic E-state index is 12.2. The molecule has 2 fully saturated rings. The summed E-state index contributed by atoms with van der Waals surface area (Å²) < 4.78 is 37.7. The molecule has 216 valence electrons. The topological polar surface area (TPSA) is 194 Å². The third-order valence-electron chi connectivity index (χ3n) is 5.98. The van der Waals surface area contributed by atoms with Gasteiger partial charge >= 0.3 is 23.9 Å². The Labute approximate surface area is 223 Å². The summed E-state index contributed by atoms with van der Waals surface area (Å²) in [4.78, 5) is 47.5. The number of hydrogen-bond acceptors (Lipinski definition) is 14. The second-order valence-corrected chi connectivity index (χ2v) is 9.04. The predicted octanol–water partition coefficient (Wildman–Crippen LogP) is -0.792. The molecule has 10 atom stereocenters. The molecule has 0 radical (unpaired) electrons. The second-order valence-electron chi connectivity index (χ2n) is 9.04. The van der Waals surface area contributed by atoms with Crippen LogP contribution in [-0.2, 0) is 47.5 Å². The van der Waals surface area contributed by atoms with E-state index >= 15 is 0 Å². The monoisotopic (exact) mass is 556 g/mol. The van der Waals surface area contributed by atoms with Crippen LogP contribution in [0.1, 0.15) is 38.1 Å². The molecule has 0 aromatic heterocycles. The molecule has 0 saturated carbocycles. The third kappa shape index (κ3) is 7.71. The van der Waals surface area contributed by atoms with Crippen molar-refractivity contribution in [1.82, 2.24) is 0 Å². The van der Waals surface area contributed by atoms with Gasteiger partial charge in [0.1, 0.15) is 31.0 Å². The summed E-state index contributed by atoms with van der Waals surface area (Å²) in [5, 5.41) is 31.9. The molecule has 0 aliphatic carbocycles. The maximum absolute atomic E-state index is 12.2. The number of ether oxygens (including phenoxy) is 7. The predicted molar refractivity (Wildman–Crippen MR) is 125 cm³/mol. The second kappa shape index (κ2) is 13.3. The van der Waals surface area contributed by atoms with E-state index in [1.165, 1.54) is 19.1 Å². The third-order valence-corrected chi connectivity index (χ3v) is 5.98. The molecule has 0 amide bonds. The van der Waals surface area contributed by atoms with Gasteiger partial charge in [0.2, 0.25) is 0 Å². The van der Waals surface area contributed by atoms with E-state index in [4.69, 9.17) is 33.2 Å². The summed E-state index contributed by atoms with van der Waals surface area (Å²) in [5.41, 5.74) is 0.250. The minimum atomic E-state index is -1.86. The fourth-order valence-corrected chi connectivity index (χ4v) is 4.26. The van der Waals surface area contributed by atoms with Crippen molar-refractivity contribution in [3.05, 3.63) is 35.9 Å². The van der Waals surface area contributed by atoms with Crippen molar-refractivity contribution in [2.24, 2.45) is 0 Å². The van der Waals surface area contributed by atoms with Crippen LogP contribution < -0.4 is 0 Å². The van der Waals surface area contributed by atoms with Crippen molar-refractivity contribution in [1.29, 1.82) is 0 Å².